The normalized spacial score (nSPS) is 13.1. The standard InChI is InChI=1S/C13H27Br/c1-3-5-7-8-10-12-13(14)11-9-6-4-2/h13H,3-12H2,1-2H3. The van der Waals surface area contributed by atoms with Crippen molar-refractivity contribution in [2.75, 3.05) is 0 Å². The molecule has 0 saturated carbocycles. The smallest absolute Gasteiger partial charge is 0.0145 e. The second-order valence-electron chi connectivity index (χ2n) is 4.30. The summed E-state index contributed by atoms with van der Waals surface area (Å²) in [5.74, 6) is 0. The van der Waals surface area contributed by atoms with Crippen molar-refractivity contribution in [3.05, 3.63) is 0 Å². The first kappa shape index (κ1) is 14.5. The fourth-order valence-corrected chi connectivity index (χ4v) is 2.38. The summed E-state index contributed by atoms with van der Waals surface area (Å²) in [5.41, 5.74) is 0. The highest BCUT2D eigenvalue weighted by atomic mass is 79.9. The van der Waals surface area contributed by atoms with E-state index in [1.54, 1.807) is 0 Å². The fourth-order valence-electron chi connectivity index (χ4n) is 1.73. The molecular formula is C13H27Br. The molecule has 0 aromatic carbocycles. The van der Waals surface area contributed by atoms with Gasteiger partial charge in [-0.05, 0) is 12.8 Å². The van der Waals surface area contributed by atoms with Crippen LogP contribution in [0.3, 0.4) is 0 Å². The molecule has 0 spiro atoms. The third-order valence-corrected chi connectivity index (χ3v) is 3.66. The minimum Gasteiger partial charge on any atom is -0.0891 e. The van der Waals surface area contributed by atoms with Crippen LogP contribution in [0.25, 0.3) is 0 Å². The first-order valence-electron chi connectivity index (χ1n) is 6.45. The molecule has 0 fully saturated rings. The van der Waals surface area contributed by atoms with Crippen LogP contribution in [-0.2, 0) is 0 Å². The SMILES string of the molecule is CCCCCCCC(Br)CCCCC. The van der Waals surface area contributed by atoms with Crippen LogP contribution in [0.15, 0.2) is 0 Å². The van der Waals surface area contributed by atoms with Crippen molar-refractivity contribution < 1.29 is 0 Å². The first-order valence-corrected chi connectivity index (χ1v) is 7.36. The van der Waals surface area contributed by atoms with E-state index in [4.69, 9.17) is 0 Å². The summed E-state index contributed by atoms with van der Waals surface area (Å²) in [6.07, 6.45) is 14.0. The minimum absolute atomic E-state index is 0.788. The maximum Gasteiger partial charge on any atom is 0.0145 e. The molecule has 0 aliphatic carbocycles. The van der Waals surface area contributed by atoms with Gasteiger partial charge in [0.15, 0.2) is 0 Å². The minimum atomic E-state index is 0.788. The number of unbranched alkanes of at least 4 members (excludes halogenated alkanes) is 6. The zero-order chi connectivity index (χ0) is 10.6. The molecule has 0 saturated heterocycles. The number of rotatable bonds is 10. The van der Waals surface area contributed by atoms with Gasteiger partial charge in [0.05, 0.1) is 0 Å². The van der Waals surface area contributed by atoms with Gasteiger partial charge >= 0.3 is 0 Å². The summed E-state index contributed by atoms with van der Waals surface area (Å²) < 4.78 is 0. The number of alkyl halides is 1. The molecule has 0 N–H and O–H groups in total. The molecule has 1 unspecified atom stereocenters. The van der Waals surface area contributed by atoms with Crippen molar-refractivity contribution in [3.63, 3.8) is 0 Å². The molecule has 86 valence electrons. The van der Waals surface area contributed by atoms with E-state index in [1.165, 1.54) is 64.2 Å². The molecule has 0 heterocycles. The Kier molecular flexibility index (Phi) is 12.0. The molecule has 0 nitrogen and oxygen atoms in total. The molecule has 0 amide bonds. The Labute approximate surface area is 99.0 Å². The lowest BCUT2D eigenvalue weighted by atomic mass is 10.1. The van der Waals surface area contributed by atoms with Crippen molar-refractivity contribution in [1.29, 1.82) is 0 Å². The average Bonchev–Trinajstić information content (AvgIpc) is 2.18. The van der Waals surface area contributed by atoms with Crippen LogP contribution < -0.4 is 0 Å². The van der Waals surface area contributed by atoms with E-state index in [1.807, 2.05) is 0 Å². The summed E-state index contributed by atoms with van der Waals surface area (Å²) >= 11 is 3.78. The molecule has 0 radical (unpaired) electrons. The summed E-state index contributed by atoms with van der Waals surface area (Å²) in [6, 6.07) is 0. The van der Waals surface area contributed by atoms with Crippen LogP contribution in [-0.4, -0.2) is 4.83 Å². The van der Waals surface area contributed by atoms with E-state index >= 15 is 0 Å². The first-order chi connectivity index (χ1) is 6.81. The quantitative estimate of drug-likeness (QED) is 0.351. The van der Waals surface area contributed by atoms with Crippen molar-refractivity contribution >= 4 is 15.9 Å². The monoisotopic (exact) mass is 262 g/mol. The molecule has 0 aromatic rings. The van der Waals surface area contributed by atoms with E-state index in [9.17, 15) is 0 Å². The highest BCUT2D eigenvalue weighted by Gasteiger charge is 2.02. The summed E-state index contributed by atoms with van der Waals surface area (Å²) in [7, 11) is 0. The zero-order valence-electron chi connectivity index (χ0n) is 10.0. The predicted molar refractivity (Wildman–Crippen MR) is 70.2 cm³/mol. The third-order valence-electron chi connectivity index (χ3n) is 2.74. The molecule has 0 aromatic heterocycles. The van der Waals surface area contributed by atoms with Gasteiger partial charge in [0.2, 0.25) is 0 Å². The van der Waals surface area contributed by atoms with Gasteiger partial charge < -0.3 is 0 Å². The summed E-state index contributed by atoms with van der Waals surface area (Å²) in [4.78, 5) is 0.788. The lowest BCUT2D eigenvalue weighted by Gasteiger charge is -2.08. The van der Waals surface area contributed by atoms with Gasteiger partial charge in [-0.15, -0.1) is 0 Å². The average molecular weight is 263 g/mol. The van der Waals surface area contributed by atoms with E-state index < -0.39 is 0 Å². The molecule has 0 aliphatic heterocycles. The van der Waals surface area contributed by atoms with Crippen LogP contribution in [0.4, 0.5) is 0 Å². The van der Waals surface area contributed by atoms with Gasteiger partial charge in [-0.25, -0.2) is 0 Å². The molecule has 1 heteroatoms. The second-order valence-corrected chi connectivity index (χ2v) is 5.59. The van der Waals surface area contributed by atoms with E-state index in [-0.39, 0.29) is 0 Å². The van der Waals surface area contributed by atoms with E-state index in [2.05, 4.69) is 29.8 Å². The van der Waals surface area contributed by atoms with E-state index in [0.717, 1.165) is 4.83 Å². The van der Waals surface area contributed by atoms with Crippen molar-refractivity contribution in [1.82, 2.24) is 0 Å². The Morgan fingerprint density at radius 3 is 1.71 bits per heavy atom. The summed E-state index contributed by atoms with van der Waals surface area (Å²) in [5, 5.41) is 0. The molecule has 1 atom stereocenters. The number of halogens is 1. The second kappa shape index (κ2) is 11.6. The molecule has 0 aliphatic rings. The molecule has 0 rings (SSSR count). The molecule has 14 heavy (non-hydrogen) atoms. The van der Waals surface area contributed by atoms with Crippen molar-refractivity contribution in [2.24, 2.45) is 0 Å². The van der Waals surface area contributed by atoms with Crippen LogP contribution in [0.5, 0.6) is 0 Å². The maximum absolute atomic E-state index is 3.78. The Balaban J connectivity index is 3.06. The number of hydrogen-bond acceptors (Lipinski definition) is 0. The van der Waals surface area contributed by atoms with Crippen LogP contribution >= 0.6 is 15.9 Å². The Morgan fingerprint density at radius 1 is 0.714 bits per heavy atom. The van der Waals surface area contributed by atoms with E-state index in [0.29, 0.717) is 0 Å². The van der Waals surface area contributed by atoms with Crippen molar-refractivity contribution in [2.45, 2.75) is 82.9 Å². The topological polar surface area (TPSA) is 0 Å². The van der Waals surface area contributed by atoms with Crippen LogP contribution in [0.2, 0.25) is 0 Å². The molecule has 0 bridgehead atoms. The van der Waals surface area contributed by atoms with Crippen molar-refractivity contribution in [3.8, 4) is 0 Å². The maximum atomic E-state index is 3.78. The third kappa shape index (κ3) is 10.6. The number of hydrogen-bond donors (Lipinski definition) is 0. The highest BCUT2D eigenvalue weighted by molar-refractivity contribution is 9.09. The Bertz CT molecular complexity index is 101. The Morgan fingerprint density at radius 2 is 1.14 bits per heavy atom. The van der Waals surface area contributed by atoms with Gasteiger partial charge in [0.1, 0.15) is 0 Å². The van der Waals surface area contributed by atoms with Gasteiger partial charge in [0.25, 0.3) is 0 Å². The van der Waals surface area contributed by atoms with Crippen LogP contribution in [0.1, 0.15) is 78.1 Å². The fraction of sp³-hybridized carbons (Fsp3) is 1.00. The van der Waals surface area contributed by atoms with Gasteiger partial charge in [-0.3, -0.25) is 0 Å². The highest BCUT2D eigenvalue weighted by Crippen LogP contribution is 2.18. The molecular weight excluding hydrogens is 236 g/mol. The van der Waals surface area contributed by atoms with Crippen LogP contribution in [0, 0.1) is 0 Å². The summed E-state index contributed by atoms with van der Waals surface area (Å²) in [6.45, 7) is 4.55. The van der Waals surface area contributed by atoms with Gasteiger partial charge in [-0.2, -0.15) is 0 Å². The largest absolute Gasteiger partial charge is 0.0891 e. The lowest BCUT2D eigenvalue weighted by molar-refractivity contribution is 0.568. The predicted octanol–water partition coefficient (Wildman–Crippen LogP) is 5.69. The zero-order valence-corrected chi connectivity index (χ0v) is 11.6. The van der Waals surface area contributed by atoms with Gasteiger partial charge in [-0.1, -0.05) is 81.1 Å². The lowest BCUT2D eigenvalue weighted by Crippen LogP contribution is -1.97. The van der Waals surface area contributed by atoms with Gasteiger partial charge in [0, 0.05) is 4.83 Å². The Hall–Kier alpha value is 0.480.